The lowest BCUT2D eigenvalue weighted by Crippen LogP contribution is -2.23. The SMILES string of the molecule is CCCCCCCCCCCCOCCCCCCCCCCCCCOCC(O)COc1ccc(-c2nc(-c3ccc(C)cc3C)nc(-c3ccc(C)cc3C)n2)c(O)c1. The van der Waals surface area contributed by atoms with E-state index in [0.717, 1.165) is 59.4 Å². The number of aliphatic hydroxyl groups is 1. The van der Waals surface area contributed by atoms with Gasteiger partial charge in [-0.15, -0.1) is 0 Å². The number of benzene rings is 3. The Kier molecular flexibility index (Phi) is 24.0. The molecular weight excluding hydrogens is 759 g/mol. The van der Waals surface area contributed by atoms with E-state index in [0.29, 0.717) is 35.4 Å². The molecule has 3 aromatic carbocycles. The van der Waals surface area contributed by atoms with Gasteiger partial charge in [0.1, 0.15) is 24.2 Å². The molecule has 0 amide bonds. The maximum absolute atomic E-state index is 11.2. The van der Waals surface area contributed by atoms with Crippen molar-refractivity contribution in [1.82, 2.24) is 15.0 Å². The zero-order chi connectivity index (χ0) is 43.5. The molecular formula is C53H79N3O5. The molecule has 0 aliphatic carbocycles. The molecule has 0 aliphatic rings. The van der Waals surface area contributed by atoms with Gasteiger partial charge in [-0.05, 0) is 70.2 Å². The minimum Gasteiger partial charge on any atom is -0.507 e. The van der Waals surface area contributed by atoms with Crippen molar-refractivity contribution in [2.24, 2.45) is 0 Å². The van der Waals surface area contributed by atoms with Gasteiger partial charge < -0.3 is 24.4 Å². The number of nitrogens with zero attached hydrogens (tertiary/aromatic N) is 3. The lowest BCUT2D eigenvalue weighted by Gasteiger charge is -2.14. The number of aromatic nitrogens is 3. The molecule has 0 saturated heterocycles. The molecule has 4 aromatic rings. The van der Waals surface area contributed by atoms with Crippen molar-refractivity contribution in [3.63, 3.8) is 0 Å². The van der Waals surface area contributed by atoms with Gasteiger partial charge in [0.2, 0.25) is 0 Å². The van der Waals surface area contributed by atoms with Crippen LogP contribution in [0.1, 0.15) is 164 Å². The summed E-state index contributed by atoms with van der Waals surface area (Å²) in [4.78, 5) is 14.5. The summed E-state index contributed by atoms with van der Waals surface area (Å²) in [5.74, 6) is 1.89. The van der Waals surface area contributed by atoms with Crippen molar-refractivity contribution in [1.29, 1.82) is 0 Å². The number of rotatable bonds is 33. The van der Waals surface area contributed by atoms with E-state index < -0.39 is 6.10 Å². The van der Waals surface area contributed by atoms with Crippen molar-refractivity contribution in [3.05, 3.63) is 76.9 Å². The smallest absolute Gasteiger partial charge is 0.167 e. The van der Waals surface area contributed by atoms with Crippen LogP contribution >= 0.6 is 0 Å². The van der Waals surface area contributed by atoms with E-state index in [2.05, 4.69) is 32.9 Å². The Morgan fingerprint density at radius 1 is 0.459 bits per heavy atom. The van der Waals surface area contributed by atoms with Crippen LogP contribution in [0.15, 0.2) is 54.6 Å². The predicted octanol–water partition coefficient (Wildman–Crippen LogP) is 13.8. The van der Waals surface area contributed by atoms with Crippen LogP contribution in [0.5, 0.6) is 11.5 Å². The minimum atomic E-state index is -0.770. The van der Waals surface area contributed by atoms with Gasteiger partial charge in [-0.25, -0.2) is 15.0 Å². The van der Waals surface area contributed by atoms with Crippen molar-refractivity contribution >= 4 is 0 Å². The van der Waals surface area contributed by atoms with Crippen molar-refractivity contribution in [2.75, 3.05) is 33.0 Å². The van der Waals surface area contributed by atoms with Crippen LogP contribution in [0.3, 0.4) is 0 Å². The van der Waals surface area contributed by atoms with Gasteiger partial charge in [0.25, 0.3) is 0 Å². The second kappa shape index (κ2) is 29.5. The summed E-state index contributed by atoms with van der Waals surface area (Å²) in [5, 5.41) is 21.7. The first kappa shape index (κ1) is 49.8. The summed E-state index contributed by atoms with van der Waals surface area (Å²) in [6.07, 6.45) is 26.8. The maximum Gasteiger partial charge on any atom is 0.167 e. The Morgan fingerprint density at radius 2 is 0.852 bits per heavy atom. The van der Waals surface area contributed by atoms with E-state index in [-0.39, 0.29) is 19.0 Å². The molecule has 8 nitrogen and oxygen atoms in total. The van der Waals surface area contributed by atoms with Crippen molar-refractivity contribution in [3.8, 4) is 45.7 Å². The van der Waals surface area contributed by atoms with Gasteiger partial charge >= 0.3 is 0 Å². The topological polar surface area (TPSA) is 107 Å². The van der Waals surface area contributed by atoms with E-state index in [1.165, 1.54) is 128 Å². The standard InChI is InChI=1S/C53H79N3O5/c1-6-7-8-9-10-11-15-18-21-24-33-59-34-25-22-19-16-13-12-14-17-20-23-26-35-60-39-45(57)40-61-46-29-32-49(50(58)38-46)53-55-51(47-30-27-41(2)36-43(47)4)54-52(56-53)48-31-28-42(3)37-44(48)5/h27-32,36-38,45,57-58H,6-26,33-35,39-40H2,1-5H3. The lowest BCUT2D eigenvalue weighted by atomic mass is 10.0. The Morgan fingerprint density at radius 3 is 1.28 bits per heavy atom. The lowest BCUT2D eigenvalue weighted by molar-refractivity contribution is 0.0109. The molecule has 1 atom stereocenters. The number of phenols is 1. The quantitative estimate of drug-likeness (QED) is 0.0457. The summed E-state index contributed by atoms with van der Waals surface area (Å²) in [6.45, 7) is 13.3. The van der Waals surface area contributed by atoms with E-state index >= 15 is 0 Å². The number of hydrogen-bond acceptors (Lipinski definition) is 8. The van der Waals surface area contributed by atoms with Crippen molar-refractivity contribution in [2.45, 2.75) is 176 Å². The van der Waals surface area contributed by atoms with Crippen LogP contribution in [0, 0.1) is 27.7 Å². The third-order valence-corrected chi connectivity index (χ3v) is 11.6. The van der Waals surface area contributed by atoms with Crippen LogP contribution in [0.4, 0.5) is 0 Å². The molecule has 8 heteroatoms. The van der Waals surface area contributed by atoms with Crippen LogP contribution in [0.2, 0.25) is 0 Å². The summed E-state index contributed by atoms with van der Waals surface area (Å²) in [5.41, 5.74) is 6.74. The highest BCUT2D eigenvalue weighted by molar-refractivity contribution is 5.72. The Hall–Kier alpha value is -3.85. The van der Waals surface area contributed by atoms with Gasteiger partial charge in [0, 0.05) is 37.0 Å². The van der Waals surface area contributed by atoms with Crippen molar-refractivity contribution < 1.29 is 24.4 Å². The monoisotopic (exact) mass is 838 g/mol. The van der Waals surface area contributed by atoms with Gasteiger partial charge in [0.05, 0.1) is 12.2 Å². The molecule has 1 heterocycles. The number of aryl methyl sites for hydroxylation is 4. The molecule has 0 bridgehead atoms. The van der Waals surface area contributed by atoms with Crippen LogP contribution in [-0.4, -0.2) is 64.3 Å². The zero-order valence-corrected chi connectivity index (χ0v) is 38.6. The molecule has 0 aliphatic heterocycles. The minimum absolute atomic E-state index is 0.0152. The van der Waals surface area contributed by atoms with E-state index in [9.17, 15) is 10.2 Å². The number of hydrogen-bond donors (Lipinski definition) is 2. The summed E-state index contributed by atoms with van der Waals surface area (Å²) in [7, 11) is 0. The highest BCUT2D eigenvalue weighted by atomic mass is 16.5. The number of ether oxygens (including phenoxy) is 3. The fraction of sp³-hybridized carbons (Fsp3) is 0.604. The Bertz CT molecular complexity index is 1740. The summed E-state index contributed by atoms with van der Waals surface area (Å²) in [6, 6.07) is 17.4. The first-order valence-corrected chi connectivity index (χ1v) is 24.0. The molecule has 336 valence electrons. The Balaban J connectivity index is 1.03. The molecule has 1 unspecified atom stereocenters. The Labute approximate surface area is 369 Å². The number of phenolic OH excluding ortho intramolecular Hbond substituents is 1. The van der Waals surface area contributed by atoms with Gasteiger partial charge in [-0.1, -0.05) is 170 Å². The maximum atomic E-state index is 11.2. The molecule has 0 saturated carbocycles. The third kappa shape index (κ3) is 19.4. The average Bonchev–Trinajstić information content (AvgIpc) is 3.24. The number of aromatic hydroxyl groups is 1. The van der Waals surface area contributed by atoms with Crippen LogP contribution in [-0.2, 0) is 9.47 Å². The predicted molar refractivity (Wildman–Crippen MR) is 253 cm³/mol. The molecule has 2 N–H and O–H groups in total. The number of unbranched alkanes of at least 4 members (excludes halogenated alkanes) is 19. The normalized spacial score (nSPS) is 12.0. The first-order valence-electron chi connectivity index (χ1n) is 24.0. The summed E-state index contributed by atoms with van der Waals surface area (Å²) >= 11 is 0. The third-order valence-electron chi connectivity index (χ3n) is 11.6. The van der Waals surface area contributed by atoms with Gasteiger partial charge in [-0.2, -0.15) is 0 Å². The van der Waals surface area contributed by atoms with E-state index in [1.807, 2.05) is 38.1 Å². The largest absolute Gasteiger partial charge is 0.507 e. The van der Waals surface area contributed by atoms with Gasteiger partial charge in [-0.3, -0.25) is 0 Å². The first-order chi connectivity index (χ1) is 29.7. The molecule has 0 spiro atoms. The molecule has 61 heavy (non-hydrogen) atoms. The second-order valence-corrected chi connectivity index (χ2v) is 17.3. The van der Waals surface area contributed by atoms with E-state index in [4.69, 9.17) is 29.2 Å². The highest BCUT2D eigenvalue weighted by Gasteiger charge is 2.18. The molecule has 0 fully saturated rings. The summed E-state index contributed by atoms with van der Waals surface area (Å²) < 4.78 is 17.5. The molecule has 1 aromatic heterocycles. The highest BCUT2D eigenvalue weighted by Crippen LogP contribution is 2.34. The van der Waals surface area contributed by atoms with Crippen LogP contribution < -0.4 is 4.74 Å². The van der Waals surface area contributed by atoms with E-state index in [1.54, 1.807) is 12.1 Å². The second-order valence-electron chi connectivity index (χ2n) is 17.3. The average molecular weight is 838 g/mol. The fourth-order valence-corrected chi connectivity index (χ4v) is 7.91. The van der Waals surface area contributed by atoms with Crippen LogP contribution in [0.25, 0.3) is 34.2 Å². The fourth-order valence-electron chi connectivity index (χ4n) is 7.91. The molecule has 4 rings (SSSR count). The molecule has 0 radical (unpaired) electrons. The number of aliphatic hydroxyl groups excluding tert-OH is 1. The zero-order valence-electron chi connectivity index (χ0n) is 38.6. The van der Waals surface area contributed by atoms with Gasteiger partial charge in [0.15, 0.2) is 17.5 Å².